The Hall–Kier alpha value is -0.240. The molecule has 1 rings (SSSR count). The van der Waals surface area contributed by atoms with E-state index < -0.39 is 0 Å². The summed E-state index contributed by atoms with van der Waals surface area (Å²) in [5.74, 6) is 1.71. The molecule has 15 heavy (non-hydrogen) atoms. The first kappa shape index (κ1) is 12.8. The number of nitrogens with zero attached hydrogens (tertiary/aromatic N) is 1. The molecule has 0 aromatic rings. The van der Waals surface area contributed by atoms with Crippen molar-refractivity contribution in [3.05, 3.63) is 0 Å². The van der Waals surface area contributed by atoms with Crippen LogP contribution in [-0.2, 0) is 4.79 Å². The Kier molecular flexibility index (Phi) is 5.44. The summed E-state index contributed by atoms with van der Waals surface area (Å²) >= 11 is 5.85. The van der Waals surface area contributed by atoms with Gasteiger partial charge in [0.2, 0.25) is 5.91 Å². The summed E-state index contributed by atoms with van der Waals surface area (Å²) in [6.45, 7) is 5.97. The van der Waals surface area contributed by atoms with Crippen molar-refractivity contribution >= 4 is 17.5 Å². The topological polar surface area (TPSA) is 20.3 Å². The first-order chi connectivity index (χ1) is 7.19. The molecule has 1 heterocycles. The molecule has 0 spiro atoms. The Morgan fingerprint density at radius 1 is 1.60 bits per heavy atom. The SMILES string of the molecule is CCCC(C)C(=O)N1CCCC(CCl)C1. The maximum absolute atomic E-state index is 12.0. The lowest BCUT2D eigenvalue weighted by Gasteiger charge is -2.33. The third-order valence-electron chi connectivity index (χ3n) is 3.19. The molecule has 0 aromatic carbocycles. The van der Waals surface area contributed by atoms with Crippen molar-refractivity contribution in [3.8, 4) is 0 Å². The van der Waals surface area contributed by atoms with Crippen LogP contribution in [0.2, 0.25) is 0 Å². The van der Waals surface area contributed by atoms with Gasteiger partial charge in [-0.3, -0.25) is 4.79 Å². The molecule has 0 saturated carbocycles. The van der Waals surface area contributed by atoms with Crippen LogP contribution in [0.15, 0.2) is 0 Å². The Balaban J connectivity index is 2.44. The number of hydrogen-bond donors (Lipinski definition) is 0. The van der Waals surface area contributed by atoms with E-state index >= 15 is 0 Å². The molecule has 2 unspecified atom stereocenters. The molecule has 1 aliphatic rings. The van der Waals surface area contributed by atoms with Crippen molar-refractivity contribution in [1.82, 2.24) is 4.90 Å². The minimum atomic E-state index is 0.184. The normalized spacial score (nSPS) is 23.9. The molecule has 1 saturated heterocycles. The third kappa shape index (κ3) is 3.67. The van der Waals surface area contributed by atoms with Gasteiger partial charge in [-0.25, -0.2) is 0 Å². The molecular formula is C12H22ClNO. The lowest BCUT2D eigenvalue weighted by molar-refractivity contribution is -0.136. The van der Waals surface area contributed by atoms with Crippen LogP contribution in [0.3, 0.4) is 0 Å². The van der Waals surface area contributed by atoms with Crippen molar-refractivity contribution in [2.45, 2.75) is 39.5 Å². The fraction of sp³-hybridized carbons (Fsp3) is 0.917. The Morgan fingerprint density at radius 2 is 2.33 bits per heavy atom. The number of amides is 1. The average Bonchev–Trinajstić information content (AvgIpc) is 2.28. The van der Waals surface area contributed by atoms with Crippen LogP contribution in [0.25, 0.3) is 0 Å². The highest BCUT2D eigenvalue weighted by Crippen LogP contribution is 2.20. The second-order valence-electron chi connectivity index (χ2n) is 4.64. The molecule has 88 valence electrons. The predicted octanol–water partition coefficient (Wildman–Crippen LogP) is 2.90. The molecule has 0 aliphatic carbocycles. The number of alkyl halides is 1. The van der Waals surface area contributed by atoms with Gasteiger partial charge in [0, 0.05) is 24.9 Å². The van der Waals surface area contributed by atoms with Gasteiger partial charge in [0.15, 0.2) is 0 Å². The summed E-state index contributed by atoms with van der Waals surface area (Å²) in [6.07, 6.45) is 4.37. The summed E-state index contributed by atoms with van der Waals surface area (Å²) in [5, 5.41) is 0. The Labute approximate surface area is 98.0 Å². The van der Waals surface area contributed by atoms with E-state index in [2.05, 4.69) is 6.92 Å². The first-order valence-corrected chi connectivity index (χ1v) is 6.57. The number of likely N-dealkylation sites (tertiary alicyclic amines) is 1. The van der Waals surface area contributed by atoms with Gasteiger partial charge in [0.05, 0.1) is 0 Å². The summed E-state index contributed by atoms with van der Waals surface area (Å²) < 4.78 is 0. The zero-order valence-electron chi connectivity index (χ0n) is 9.84. The van der Waals surface area contributed by atoms with E-state index in [0.717, 1.165) is 32.4 Å². The smallest absolute Gasteiger partial charge is 0.225 e. The van der Waals surface area contributed by atoms with E-state index in [4.69, 9.17) is 11.6 Å². The van der Waals surface area contributed by atoms with Crippen LogP contribution in [0.5, 0.6) is 0 Å². The Bertz CT molecular complexity index is 208. The first-order valence-electron chi connectivity index (χ1n) is 6.03. The van der Waals surface area contributed by atoms with Crippen molar-refractivity contribution < 1.29 is 4.79 Å². The average molecular weight is 232 g/mol. The maximum atomic E-state index is 12.0. The van der Waals surface area contributed by atoms with Gasteiger partial charge in [-0.05, 0) is 25.2 Å². The lowest BCUT2D eigenvalue weighted by atomic mass is 9.97. The molecule has 0 N–H and O–H groups in total. The molecule has 1 fully saturated rings. The third-order valence-corrected chi connectivity index (χ3v) is 3.63. The van der Waals surface area contributed by atoms with E-state index in [1.807, 2.05) is 11.8 Å². The van der Waals surface area contributed by atoms with Crippen LogP contribution < -0.4 is 0 Å². The molecule has 2 atom stereocenters. The van der Waals surface area contributed by atoms with Crippen molar-refractivity contribution in [3.63, 3.8) is 0 Å². The summed E-state index contributed by atoms with van der Waals surface area (Å²) in [4.78, 5) is 14.0. The van der Waals surface area contributed by atoms with E-state index in [1.54, 1.807) is 0 Å². The molecule has 1 amide bonds. The zero-order chi connectivity index (χ0) is 11.3. The van der Waals surface area contributed by atoms with Gasteiger partial charge < -0.3 is 4.90 Å². The summed E-state index contributed by atoms with van der Waals surface area (Å²) in [5.41, 5.74) is 0. The van der Waals surface area contributed by atoms with Gasteiger partial charge in [-0.1, -0.05) is 20.3 Å². The molecule has 0 radical (unpaired) electrons. The second kappa shape index (κ2) is 6.37. The van der Waals surface area contributed by atoms with Gasteiger partial charge in [0.1, 0.15) is 0 Å². The number of carbonyl (C=O) groups excluding carboxylic acids is 1. The van der Waals surface area contributed by atoms with Crippen LogP contribution in [0.1, 0.15) is 39.5 Å². The minimum Gasteiger partial charge on any atom is -0.342 e. The second-order valence-corrected chi connectivity index (χ2v) is 4.95. The number of halogens is 1. The number of rotatable bonds is 4. The lowest BCUT2D eigenvalue weighted by Crippen LogP contribution is -2.42. The monoisotopic (exact) mass is 231 g/mol. The molecule has 2 nitrogen and oxygen atoms in total. The standard InChI is InChI=1S/C12H22ClNO/c1-3-5-10(2)12(15)14-7-4-6-11(8-13)9-14/h10-11H,3-9H2,1-2H3. The summed E-state index contributed by atoms with van der Waals surface area (Å²) in [6, 6.07) is 0. The van der Waals surface area contributed by atoms with Gasteiger partial charge in [-0.15, -0.1) is 11.6 Å². The molecule has 0 bridgehead atoms. The fourth-order valence-corrected chi connectivity index (χ4v) is 2.51. The highest BCUT2D eigenvalue weighted by Gasteiger charge is 2.25. The molecule has 3 heteroatoms. The van der Waals surface area contributed by atoms with Crippen LogP contribution in [0.4, 0.5) is 0 Å². The molecule has 0 aromatic heterocycles. The number of carbonyl (C=O) groups is 1. The van der Waals surface area contributed by atoms with Crippen LogP contribution in [0, 0.1) is 11.8 Å². The fourth-order valence-electron chi connectivity index (χ4n) is 2.26. The van der Waals surface area contributed by atoms with Crippen molar-refractivity contribution in [2.24, 2.45) is 11.8 Å². The maximum Gasteiger partial charge on any atom is 0.225 e. The zero-order valence-corrected chi connectivity index (χ0v) is 10.6. The largest absolute Gasteiger partial charge is 0.342 e. The van der Waals surface area contributed by atoms with Crippen LogP contribution >= 0.6 is 11.6 Å². The quantitative estimate of drug-likeness (QED) is 0.682. The van der Waals surface area contributed by atoms with E-state index in [1.165, 1.54) is 6.42 Å². The van der Waals surface area contributed by atoms with Gasteiger partial charge in [-0.2, -0.15) is 0 Å². The van der Waals surface area contributed by atoms with E-state index in [-0.39, 0.29) is 5.92 Å². The highest BCUT2D eigenvalue weighted by molar-refractivity contribution is 6.18. The minimum absolute atomic E-state index is 0.184. The molecular weight excluding hydrogens is 210 g/mol. The number of hydrogen-bond acceptors (Lipinski definition) is 1. The van der Waals surface area contributed by atoms with Crippen molar-refractivity contribution in [1.29, 1.82) is 0 Å². The highest BCUT2D eigenvalue weighted by atomic mass is 35.5. The van der Waals surface area contributed by atoms with Crippen molar-refractivity contribution in [2.75, 3.05) is 19.0 Å². The predicted molar refractivity (Wildman–Crippen MR) is 64.1 cm³/mol. The number of piperidine rings is 1. The van der Waals surface area contributed by atoms with Crippen LogP contribution in [-0.4, -0.2) is 29.8 Å². The van der Waals surface area contributed by atoms with E-state index in [0.29, 0.717) is 17.7 Å². The van der Waals surface area contributed by atoms with E-state index in [9.17, 15) is 4.79 Å². The Morgan fingerprint density at radius 3 is 2.93 bits per heavy atom. The van der Waals surface area contributed by atoms with Gasteiger partial charge >= 0.3 is 0 Å². The summed E-state index contributed by atoms with van der Waals surface area (Å²) in [7, 11) is 0. The molecule has 1 aliphatic heterocycles. The van der Waals surface area contributed by atoms with Gasteiger partial charge in [0.25, 0.3) is 0 Å².